The first-order valence-corrected chi connectivity index (χ1v) is 8.65. The maximum atomic E-state index is 12.2. The fraction of sp³-hybridized carbons (Fsp3) is 0.294. The summed E-state index contributed by atoms with van der Waals surface area (Å²) in [6.07, 6.45) is 3.39. The second kappa shape index (κ2) is 8.06. The lowest BCUT2D eigenvalue weighted by atomic mass is 10.2. The van der Waals surface area contributed by atoms with Crippen LogP contribution in [0.3, 0.4) is 0 Å². The molecule has 1 saturated heterocycles. The van der Waals surface area contributed by atoms with Crippen molar-refractivity contribution in [2.75, 3.05) is 37.7 Å². The molecule has 0 atom stereocenters. The van der Waals surface area contributed by atoms with Crippen LogP contribution in [0, 0.1) is 0 Å². The third kappa shape index (κ3) is 4.54. The van der Waals surface area contributed by atoms with Gasteiger partial charge in [-0.3, -0.25) is 4.79 Å². The van der Waals surface area contributed by atoms with E-state index < -0.39 is 5.97 Å². The lowest BCUT2D eigenvalue weighted by Crippen LogP contribution is -2.50. The summed E-state index contributed by atoms with van der Waals surface area (Å²) in [5.74, 6) is -0.0429. The number of esters is 1. The molecule has 1 aromatic carbocycles. The van der Waals surface area contributed by atoms with E-state index in [1.807, 2.05) is 11.0 Å². The van der Waals surface area contributed by atoms with Crippen molar-refractivity contribution in [3.8, 4) is 0 Å². The number of ether oxygens (including phenoxy) is 1. The van der Waals surface area contributed by atoms with Crippen molar-refractivity contribution in [1.82, 2.24) is 14.9 Å². The number of halogens is 1. The average Bonchev–Trinajstić information content (AvgIpc) is 2.66. The first kappa shape index (κ1) is 17.3. The number of rotatable bonds is 4. The number of piperazine rings is 1. The lowest BCUT2D eigenvalue weighted by Gasteiger charge is -2.34. The molecule has 1 fully saturated rings. The van der Waals surface area contributed by atoms with Crippen molar-refractivity contribution in [1.29, 1.82) is 0 Å². The third-order valence-corrected chi connectivity index (χ3v) is 4.35. The van der Waals surface area contributed by atoms with E-state index in [1.165, 1.54) is 0 Å². The van der Waals surface area contributed by atoms with Gasteiger partial charge in [-0.15, -0.1) is 0 Å². The van der Waals surface area contributed by atoms with Gasteiger partial charge in [-0.05, 0) is 24.3 Å². The Morgan fingerprint density at radius 2 is 1.80 bits per heavy atom. The molecule has 25 heavy (non-hydrogen) atoms. The first-order chi connectivity index (χ1) is 12.1. The molecule has 130 valence electrons. The molecule has 0 aliphatic carbocycles. The minimum atomic E-state index is -0.508. The van der Waals surface area contributed by atoms with E-state index >= 15 is 0 Å². The van der Waals surface area contributed by atoms with Crippen molar-refractivity contribution >= 4 is 33.8 Å². The SMILES string of the molecule is O=C(OCC(=O)N1CCN(c2ncccn2)CC1)c1cccc(Br)c1. The first-order valence-electron chi connectivity index (χ1n) is 7.86. The Morgan fingerprint density at radius 1 is 1.08 bits per heavy atom. The zero-order valence-electron chi connectivity index (χ0n) is 13.5. The Morgan fingerprint density at radius 3 is 2.48 bits per heavy atom. The largest absolute Gasteiger partial charge is 0.452 e. The normalized spacial score (nSPS) is 14.3. The summed E-state index contributed by atoms with van der Waals surface area (Å²) in [7, 11) is 0. The van der Waals surface area contributed by atoms with Crippen molar-refractivity contribution in [2.45, 2.75) is 0 Å². The monoisotopic (exact) mass is 404 g/mol. The van der Waals surface area contributed by atoms with Crippen molar-refractivity contribution in [2.24, 2.45) is 0 Å². The minimum Gasteiger partial charge on any atom is -0.452 e. The van der Waals surface area contributed by atoms with Gasteiger partial charge in [0.2, 0.25) is 5.95 Å². The molecule has 2 aromatic rings. The van der Waals surface area contributed by atoms with Gasteiger partial charge in [-0.1, -0.05) is 22.0 Å². The second-order valence-corrected chi connectivity index (χ2v) is 6.42. The van der Waals surface area contributed by atoms with Crippen LogP contribution in [0.5, 0.6) is 0 Å². The Balaban J connectivity index is 1.47. The number of hydrogen-bond donors (Lipinski definition) is 0. The molecule has 1 aliphatic heterocycles. The molecular formula is C17H17BrN4O3. The highest BCUT2D eigenvalue weighted by atomic mass is 79.9. The van der Waals surface area contributed by atoms with Crippen LogP contribution in [0.15, 0.2) is 47.2 Å². The molecule has 0 saturated carbocycles. The fourth-order valence-corrected chi connectivity index (χ4v) is 2.93. The van der Waals surface area contributed by atoms with Gasteiger partial charge in [-0.25, -0.2) is 14.8 Å². The van der Waals surface area contributed by atoms with E-state index in [0.29, 0.717) is 37.7 Å². The number of nitrogens with zero attached hydrogens (tertiary/aromatic N) is 4. The molecule has 0 bridgehead atoms. The number of aromatic nitrogens is 2. The van der Waals surface area contributed by atoms with Crippen LogP contribution in [-0.2, 0) is 9.53 Å². The Labute approximate surface area is 153 Å². The van der Waals surface area contributed by atoms with Crippen LogP contribution in [0.25, 0.3) is 0 Å². The molecule has 7 nitrogen and oxygen atoms in total. The summed E-state index contributed by atoms with van der Waals surface area (Å²) < 4.78 is 5.91. The topological polar surface area (TPSA) is 75.6 Å². The number of benzene rings is 1. The van der Waals surface area contributed by atoms with E-state index in [9.17, 15) is 9.59 Å². The lowest BCUT2D eigenvalue weighted by molar-refractivity contribution is -0.134. The molecule has 0 radical (unpaired) electrons. The van der Waals surface area contributed by atoms with Crippen LogP contribution in [0.2, 0.25) is 0 Å². The summed E-state index contributed by atoms with van der Waals surface area (Å²) in [4.78, 5) is 36.4. The summed E-state index contributed by atoms with van der Waals surface area (Å²) in [6, 6.07) is 8.63. The van der Waals surface area contributed by atoms with Gasteiger partial charge in [-0.2, -0.15) is 0 Å². The number of anilines is 1. The number of hydrogen-bond acceptors (Lipinski definition) is 6. The molecule has 8 heteroatoms. The number of carbonyl (C=O) groups excluding carboxylic acids is 2. The number of amides is 1. The van der Waals surface area contributed by atoms with E-state index in [2.05, 4.69) is 25.9 Å². The van der Waals surface area contributed by atoms with E-state index in [4.69, 9.17) is 4.74 Å². The van der Waals surface area contributed by atoms with Gasteiger partial charge in [0.1, 0.15) is 0 Å². The molecule has 0 spiro atoms. The Bertz CT molecular complexity index is 749. The highest BCUT2D eigenvalue weighted by Crippen LogP contribution is 2.13. The summed E-state index contributed by atoms with van der Waals surface area (Å²) in [6.45, 7) is 2.13. The molecule has 3 rings (SSSR count). The average molecular weight is 405 g/mol. The van der Waals surface area contributed by atoms with Gasteiger partial charge in [0.15, 0.2) is 6.61 Å². The van der Waals surface area contributed by atoms with Crippen LogP contribution in [0.4, 0.5) is 5.95 Å². The zero-order chi connectivity index (χ0) is 17.6. The molecule has 1 aromatic heterocycles. The standard InChI is InChI=1S/C17H17BrN4O3/c18-14-4-1-3-13(11-14)16(24)25-12-15(23)21-7-9-22(10-8-21)17-19-5-2-6-20-17/h1-6,11H,7-10,12H2. The van der Waals surface area contributed by atoms with Crippen LogP contribution < -0.4 is 4.90 Å². The molecule has 0 N–H and O–H groups in total. The molecule has 0 unspecified atom stereocenters. The highest BCUT2D eigenvalue weighted by molar-refractivity contribution is 9.10. The van der Waals surface area contributed by atoms with Crippen molar-refractivity contribution in [3.63, 3.8) is 0 Å². The summed E-state index contributed by atoms with van der Waals surface area (Å²) in [5.41, 5.74) is 0.410. The van der Waals surface area contributed by atoms with E-state index in [1.54, 1.807) is 41.6 Å². The zero-order valence-corrected chi connectivity index (χ0v) is 15.1. The Hall–Kier alpha value is -2.48. The minimum absolute atomic E-state index is 0.197. The quantitative estimate of drug-likeness (QED) is 0.722. The molecule has 2 heterocycles. The Kier molecular flexibility index (Phi) is 5.60. The van der Waals surface area contributed by atoms with Gasteiger partial charge in [0.05, 0.1) is 5.56 Å². The number of carbonyl (C=O) groups is 2. The van der Waals surface area contributed by atoms with Gasteiger partial charge in [0, 0.05) is 43.0 Å². The highest BCUT2D eigenvalue weighted by Gasteiger charge is 2.23. The van der Waals surface area contributed by atoms with Crippen LogP contribution >= 0.6 is 15.9 Å². The van der Waals surface area contributed by atoms with Gasteiger partial charge in [0.25, 0.3) is 5.91 Å². The van der Waals surface area contributed by atoms with E-state index in [0.717, 1.165) is 4.47 Å². The third-order valence-electron chi connectivity index (χ3n) is 3.85. The van der Waals surface area contributed by atoms with E-state index in [-0.39, 0.29) is 12.5 Å². The van der Waals surface area contributed by atoms with Crippen LogP contribution in [-0.4, -0.2) is 59.5 Å². The smallest absolute Gasteiger partial charge is 0.338 e. The molecule has 1 aliphatic rings. The van der Waals surface area contributed by atoms with Crippen molar-refractivity contribution < 1.29 is 14.3 Å². The predicted octanol–water partition coefficient (Wildman–Crippen LogP) is 1.74. The van der Waals surface area contributed by atoms with Gasteiger partial charge >= 0.3 is 5.97 Å². The second-order valence-electron chi connectivity index (χ2n) is 5.50. The summed E-state index contributed by atoms with van der Waals surface area (Å²) >= 11 is 3.30. The molecular weight excluding hydrogens is 388 g/mol. The van der Waals surface area contributed by atoms with Gasteiger partial charge < -0.3 is 14.5 Å². The molecule has 1 amide bonds. The van der Waals surface area contributed by atoms with Crippen LogP contribution in [0.1, 0.15) is 10.4 Å². The summed E-state index contributed by atoms with van der Waals surface area (Å²) in [5, 5.41) is 0. The fourth-order valence-electron chi connectivity index (χ4n) is 2.53. The maximum absolute atomic E-state index is 12.2. The van der Waals surface area contributed by atoms with Crippen molar-refractivity contribution in [3.05, 3.63) is 52.8 Å². The maximum Gasteiger partial charge on any atom is 0.338 e. The predicted molar refractivity (Wildman–Crippen MR) is 95.2 cm³/mol.